The van der Waals surface area contributed by atoms with Gasteiger partial charge < -0.3 is 11.1 Å². The molecule has 3 aromatic heterocycles. The molecular weight excluding hydrogens is 416 g/mol. The van der Waals surface area contributed by atoms with E-state index < -0.39 is 0 Å². The van der Waals surface area contributed by atoms with Gasteiger partial charge in [-0.05, 0) is 66.5 Å². The summed E-state index contributed by atoms with van der Waals surface area (Å²) < 4.78 is 0. The molecule has 1 aliphatic rings. The van der Waals surface area contributed by atoms with Gasteiger partial charge in [0.2, 0.25) is 0 Å². The molecule has 3 heterocycles. The van der Waals surface area contributed by atoms with Gasteiger partial charge in [-0.1, -0.05) is 33.3 Å². The number of carbonyl (C=O) groups excluding carboxylic acids is 1. The molecule has 5 nitrogen and oxygen atoms in total. The van der Waals surface area contributed by atoms with Crippen molar-refractivity contribution in [2.24, 2.45) is 11.3 Å². The number of nitrogens with two attached hydrogens (primary N) is 1. The van der Waals surface area contributed by atoms with Gasteiger partial charge in [-0.25, -0.2) is 4.98 Å². The summed E-state index contributed by atoms with van der Waals surface area (Å²) >= 11 is 1.38. The molecule has 0 radical (unpaired) electrons. The predicted octanol–water partition coefficient (Wildman–Crippen LogP) is 6.22. The molecule has 1 atom stereocenters. The Labute approximate surface area is 192 Å². The van der Waals surface area contributed by atoms with E-state index in [1.165, 1.54) is 16.9 Å². The minimum absolute atomic E-state index is 0.204. The topological polar surface area (TPSA) is 80.9 Å². The molecule has 0 bridgehead atoms. The van der Waals surface area contributed by atoms with Crippen molar-refractivity contribution < 1.29 is 4.79 Å². The second-order valence-electron chi connectivity index (χ2n) is 9.40. The van der Waals surface area contributed by atoms with Gasteiger partial charge in [0.25, 0.3) is 5.91 Å². The summed E-state index contributed by atoms with van der Waals surface area (Å²) in [4.78, 5) is 23.8. The van der Waals surface area contributed by atoms with Gasteiger partial charge >= 0.3 is 0 Å². The van der Waals surface area contributed by atoms with Crippen molar-refractivity contribution in [2.45, 2.75) is 46.5 Å². The minimum Gasteiger partial charge on any atom is -0.397 e. The molecule has 32 heavy (non-hydrogen) atoms. The average Bonchev–Trinajstić information content (AvgIpc) is 3.13. The Bertz CT molecular complexity index is 1340. The summed E-state index contributed by atoms with van der Waals surface area (Å²) in [7, 11) is 0. The summed E-state index contributed by atoms with van der Waals surface area (Å²) in [6.45, 7) is 6.99. The second kappa shape index (κ2) is 7.85. The number of nitrogens with one attached hydrogen (secondary N) is 1. The molecule has 1 amide bonds. The van der Waals surface area contributed by atoms with Crippen LogP contribution in [0.3, 0.4) is 0 Å². The number of nitrogens with zero attached hydrogens (tertiary/aromatic N) is 2. The third-order valence-corrected chi connectivity index (χ3v) is 8.32. The molecule has 0 saturated heterocycles. The van der Waals surface area contributed by atoms with Gasteiger partial charge in [0.15, 0.2) is 0 Å². The van der Waals surface area contributed by atoms with Crippen LogP contribution >= 0.6 is 11.3 Å². The number of nitrogen functional groups attached to an aromatic ring is 1. The van der Waals surface area contributed by atoms with Crippen LogP contribution in [0.1, 0.15) is 54.5 Å². The zero-order valence-corrected chi connectivity index (χ0v) is 19.6. The summed E-state index contributed by atoms with van der Waals surface area (Å²) in [6.07, 6.45) is 6.09. The second-order valence-corrected chi connectivity index (χ2v) is 10.4. The standard InChI is InChI=1S/C26H28N4OS/c1-4-26(2,3)16-10-11-19-15(13-16)14-18-22(27)23(32-25(18)30-19)24(31)29-21-9-5-8-20-17(21)7-6-12-28-20/h5-9,12,14,16H,4,10-11,13,27H2,1-3H3,(H,29,31)/t16-/m1/s1. The van der Waals surface area contributed by atoms with Crippen LogP contribution in [0.2, 0.25) is 0 Å². The largest absolute Gasteiger partial charge is 0.397 e. The lowest BCUT2D eigenvalue weighted by atomic mass is 9.69. The highest BCUT2D eigenvalue weighted by atomic mass is 32.1. The van der Waals surface area contributed by atoms with E-state index in [1.807, 2.05) is 30.3 Å². The summed E-state index contributed by atoms with van der Waals surface area (Å²) in [5, 5.41) is 4.83. The fourth-order valence-electron chi connectivity index (χ4n) is 4.71. The van der Waals surface area contributed by atoms with Crippen LogP contribution in [-0.4, -0.2) is 15.9 Å². The molecule has 0 spiro atoms. The van der Waals surface area contributed by atoms with Crippen LogP contribution in [0.25, 0.3) is 21.1 Å². The highest BCUT2D eigenvalue weighted by Gasteiger charge is 2.32. The number of benzene rings is 1. The van der Waals surface area contributed by atoms with Crippen molar-refractivity contribution >= 4 is 49.7 Å². The SMILES string of the molecule is CCC(C)(C)[C@@H]1CCc2nc3sc(C(=O)Nc4cccc5ncccc45)c(N)c3cc2C1. The van der Waals surface area contributed by atoms with Gasteiger partial charge in [0.05, 0.1) is 16.9 Å². The van der Waals surface area contributed by atoms with Crippen molar-refractivity contribution in [2.75, 3.05) is 11.1 Å². The third-order valence-electron chi connectivity index (χ3n) is 7.20. The fraction of sp³-hybridized carbons (Fsp3) is 0.346. The van der Waals surface area contributed by atoms with Gasteiger partial charge in [0, 0.05) is 22.7 Å². The number of hydrogen-bond donors (Lipinski definition) is 2. The first-order valence-electron chi connectivity index (χ1n) is 11.2. The van der Waals surface area contributed by atoms with Gasteiger partial charge in [-0.2, -0.15) is 0 Å². The number of aromatic nitrogens is 2. The van der Waals surface area contributed by atoms with E-state index >= 15 is 0 Å². The molecule has 1 aliphatic carbocycles. The number of carbonyl (C=O) groups is 1. The molecule has 5 rings (SSSR count). The van der Waals surface area contributed by atoms with Crippen molar-refractivity contribution in [1.82, 2.24) is 9.97 Å². The monoisotopic (exact) mass is 444 g/mol. The maximum Gasteiger partial charge on any atom is 0.267 e. The lowest BCUT2D eigenvalue weighted by molar-refractivity contribution is 0.103. The van der Waals surface area contributed by atoms with E-state index in [0.29, 0.717) is 21.9 Å². The molecule has 0 fully saturated rings. The molecule has 3 N–H and O–H groups in total. The lowest BCUT2D eigenvalue weighted by Gasteiger charge is -2.36. The Morgan fingerprint density at radius 1 is 1.25 bits per heavy atom. The molecule has 0 unspecified atom stereocenters. The summed E-state index contributed by atoms with van der Waals surface area (Å²) in [5.74, 6) is 0.437. The number of hydrogen-bond acceptors (Lipinski definition) is 5. The first-order valence-corrected chi connectivity index (χ1v) is 12.0. The van der Waals surface area contributed by atoms with Crippen LogP contribution in [0, 0.1) is 11.3 Å². The predicted molar refractivity (Wildman–Crippen MR) is 133 cm³/mol. The van der Waals surface area contributed by atoms with Crippen LogP contribution in [-0.2, 0) is 12.8 Å². The Balaban J connectivity index is 1.48. The molecule has 0 aliphatic heterocycles. The zero-order chi connectivity index (χ0) is 22.5. The van der Waals surface area contributed by atoms with Crippen LogP contribution < -0.4 is 11.1 Å². The summed E-state index contributed by atoms with van der Waals surface area (Å²) in [5.41, 5.74) is 11.3. The van der Waals surface area contributed by atoms with Crippen LogP contribution in [0.15, 0.2) is 42.6 Å². The quantitative estimate of drug-likeness (QED) is 0.391. The number of pyridine rings is 2. The lowest BCUT2D eigenvalue weighted by Crippen LogP contribution is -2.29. The van der Waals surface area contributed by atoms with Crippen molar-refractivity contribution in [3.63, 3.8) is 0 Å². The molecule has 4 aromatic rings. The average molecular weight is 445 g/mol. The van der Waals surface area contributed by atoms with Gasteiger partial charge in [-0.15, -0.1) is 11.3 Å². The Morgan fingerprint density at radius 2 is 2.09 bits per heavy atom. The van der Waals surface area contributed by atoms with E-state index in [-0.39, 0.29) is 5.91 Å². The van der Waals surface area contributed by atoms with Crippen LogP contribution in [0.5, 0.6) is 0 Å². The maximum atomic E-state index is 13.2. The fourth-order valence-corrected chi connectivity index (χ4v) is 5.70. The molecule has 164 valence electrons. The van der Waals surface area contributed by atoms with Gasteiger partial charge in [-0.3, -0.25) is 9.78 Å². The third kappa shape index (κ3) is 3.52. The van der Waals surface area contributed by atoms with Gasteiger partial charge in [0.1, 0.15) is 9.71 Å². The molecule has 6 heteroatoms. The highest BCUT2D eigenvalue weighted by Crippen LogP contribution is 2.42. The normalized spacial score (nSPS) is 16.3. The van der Waals surface area contributed by atoms with Crippen molar-refractivity contribution in [3.8, 4) is 0 Å². The number of amides is 1. The van der Waals surface area contributed by atoms with Crippen molar-refractivity contribution in [1.29, 1.82) is 0 Å². The number of rotatable bonds is 4. The van der Waals surface area contributed by atoms with E-state index in [4.69, 9.17) is 10.7 Å². The Morgan fingerprint density at radius 3 is 2.91 bits per heavy atom. The number of anilines is 2. The van der Waals surface area contributed by atoms with E-state index in [0.717, 1.165) is 58.2 Å². The Hall–Kier alpha value is -2.99. The molecular formula is C26H28N4OS. The number of fused-ring (bicyclic) bond motifs is 3. The van der Waals surface area contributed by atoms with E-state index in [2.05, 4.69) is 37.1 Å². The van der Waals surface area contributed by atoms with Crippen LogP contribution in [0.4, 0.5) is 11.4 Å². The molecule has 1 aromatic carbocycles. The van der Waals surface area contributed by atoms with Crippen molar-refractivity contribution in [3.05, 3.63) is 58.7 Å². The zero-order valence-electron chi connectivity index (χ0n) is 18.7. The van der Waals surface area contributed by atoms with E-state index in [9.17, 15) is 4.79 Å². The number of aryl methyl sites for hydroxylation is 1. The maximum absolute atomic E-state index is 13.2. The summed E-state index contributed by atoms with van der Waals surface area (Å²) in [6, 6.07) is 11.7. The van der Waals surface area contributed by atoms with E-state index in [1.54, 1.807) is 6.20 Å². The smallest absolute Gasteiger partial charge is 0.267 e. The highest BCUT2D eigenvalue weighted by molar-refractivity contribution is 7.21. The first-order chi connectivity index (χ1) is 15.4. The molecule has 0 saturated carbocycles. The Kier molecular flexibility index (Phi) is 5.13. The number of thiophene rings is 1. The minimum atomic E-state index is -0.204. The first kappa shape index (κ1) is 20.9.